The molecule has 0 unspecified atom stereocenters. The number of carbonyl (C=O) groups excluding carboxylic acids is 2. The Morgan fingerprint density at radius 3 is 2.52 bits per heavy atom. The summed E-state index contributed by atoms with van der Waals surface area (Å²) in [6, 6.07) is 14.7. The Balaban J connectivity index is 1.54. The number of hydrogen-bond acceptors (Lipinski definition) is 3. The van der Waals surface area contributed by atoms with Crippen molar-refractivity contribution in [3.05, 3.63) is 59.2 Å². The van der Waals surface area contributed by atoms with Crippen molar-refractivity contribution < 1.29 is 9.59 Å². The van der Waals surface area contributed by atoms with Gasteiger partial charge >= 0.3 is 0 Å². The number of carbonyl (C=O) groups is 2. The van der Waals surface area contributed by atoms with E-state index in [2.05, 4.69) is 43.4 Å². The fourth-order valence-electron chi connectivity index (χ4n) is 4.93. The number of para-hydroxylation sites is 1. The largest absolute Gasteiger partial charge is 0.353 e. The first-order valence-corrected chi connectivity index (χ1v) is 13.3. The van der Waals surface area contributed by atoms with Crippen LogP contribution in [-0.4, -0.2) is 23.1 Å². The molecule has 4 rings (SSSR count). The number of fused-ring (bicyclic) bond motifs is 1. The fraction of sp³-hybridized carbons (Fsp3) is 0.500. The summed E-state index contributed by atoms with van der Waals surface area (Å²) < 4.78 is 0. The van der Waals surface area contributed by atoms with Crippen molar-refractivity contribution in [2.24, 2.45) is 5.92 Å². The van der Waals surface area contributed by atoms with E-state index in [0.717, 1.165) is 29.0 Å². The second-order valence-corrected chi connectivity index (χ2v) is 10.9. The summed E-state index contributed by atoms with van der Waals surface area (Å²) in [5.41, 5.74) is 4.45. The maximum absolute atomic E-state index is 13.8. The van der Waals surface area contributed by atoms with Crippen LogP contribution in [0.25, 0.3) is 0 Å². The maximum atomic E-state index is 13.8. The zero-order valence-electron chi connectivity index (χ0n) is 20.1. The van der Waals surface area contributed by atoms with Crippen LogP contribution >= 0.6 is 11.8 Å². The number of aryl methyl sites for hydroxylation is 2. The number of nitrogens with zero attached hydrogens (tertiary/aromatic N) is 1. The van der Waals surface area contributed by atoms with Gasteiger partial charge in [-0.3, -0.25) is 9.59 Å². The normalized spacial score (nSPS) is 20.5. The summed E-state index contributed by atoms with van der Waals surface area (Å²) >= 11 is 1.54. The van der Waals surface area contributed by atoms with Gasteiger partial charge in [0.25, 0.3) is 0 Å². The highest BCUT2D eigenvalue weighted by atomic mass is 32.2. The first-order valence-electron chi connectivity index (χ1n) is 12.4. The van der Waals surface area contributed by atoms with Crippen LogP contribution in [0.5, 0.6) is 0 Å². The molecule has 1 N–H and O–H groups in total. The van der Waals surface area contributed by atoms with Gasteiger partial charge in [0.05, 0.1) is 18.2 Å². The van der Waals surface area contributed by atoms with E-state index in [1.807, 2.05) is 30.0 Å². The maximum Gasteiger partial charge on any atom is 0.241 e. The number of hydrogen-bond donors (Lipinski definition) is 1. The molecule has 0 aromatic heterocycles. The lowest BCUT2D eigenvalue weighted by Crippen LogP contribution is -2.48. The van der Waals surface area contributed by atoms with Crippen molar-refractivity contribution in [2.45, 2.75) is 88.4 Å². The summed E-state index contributed by atoms with van der Waals surface area (Å²) in [6.07, 6.45) is 8.25. The van der Waals surface area contributed by atoms with Crippen molar-refractivity contribution in [1.82, 2.24) is 5.32 Å². The van der Waals surface area contributed by atoms with E-state index in [1.54, 1.807) is 11.8 Å². The third kappa shape index (κ3) is 5.63. The van der Waals surface area contributed by atoms with Crippen LogP contribution in [0.2, 0.25) is 0 Å². The first-order chi connectivity index (χ1) is 15.9. The Bertz CT molecular complexity index is 997. The Hall–Kier alpha value is -2.27. The van der Waals surface area contributed by atoms with Crippen molar-refractivity contribution in [3.63, 3.8) is 0 Å². The highest BCUT2D eigenvalue weighted by Gasteiger charge is 2.39. The minimum Gasteiger partial charge on any atom is -0.353 e. The van der Waals surface area contributed by atoms with Gasteiger partial charge in [0, 0.05) is 10.9 Å². The highest BCUT2D eigenvalue weighted by Crippen LogP contribution is 2.42. The predicted octanol–water partition coefficient (Wildman–Crippen LogP) is 6.18. The molecule has 4 nitrogen and oxygen atoms in total. The van der Waals surface area contributed by atoms with E-state index in [9.17, 15) is 9.59 Å². The molecule has 1 saturated carbocycles. The minimum atomic E-state index is -0.418. The van der Waals surface area contributed by atoms with Crippen molar-refractivity contribution >= 4 is 29.3 Å². The SMILES string of the molecule is Cc1ccc(C)c(CN2C(=O)[C@@H]([C@@H](C)C(=O)NC3CCCCCCC3)Sc3ccccc32)c1. The molecule has 1 heterocycles. The van der Waals surface area contributed by atoms with Gasteiger partial charge < -0.3 is 10.2 Å². The standard InChI is InChI=1S/C28H36N2O2S/c1-19-15-16-20(2)22(17-19)18-30-24-13-9-10-14-25(24)33-26(28(30)32)21(3)27(31)29-23-11-7-5-4-6-8-12-23/h9-10,13-17,21,23,26H,4-8,11-12,18H2,1-3H3,(H,29,31)/t21-,26-/m1/s1. The van der Waals surface area contributed by atoms with Gasteiger partial charge in [-0.25, -0.2) is 0 Å². The van der Waals surface area contributed by atoms with Gasteiger partial charge in [-0.15, -0.1) is 11.8 Å². The highest BCUT2D eigenvalue weighted by molar-refractivity contribution is 8.01. The van der Waals surface area contributed by atoms with Gasteiger partial charge in [0.2, 0.25) is 11.8 Å². The van der Waals surface area contributed by atoms with Crippen LogP contribution < -0.4 is 10.2 Å². The van der Waals surface area contributed by atoms with Crippen LogP contribution in [-0.2, 0) is 16.1 Å². The fourth-order valence-corrected chi connectivity index (χ4v) is 6.22. The molecule has 0 bridgehead atoms. The molecule has 1 fully saturated rings. The molecule has 0 radical (unpaired) electrons. The van der Waals surface area contributed by atoms with Crippen LogP contribution in [0.15, 0.2) is 47.4 Å². The number of amides is 2. The molecule has 2 atom stereocenters. The van der Waals surface area contributed by atoms with E-state index in [-0.39, 0.29) is 23.8 Å². The van der Waals surface area contributed by atoms with Crippen molar-refractivity contribution in [2.75, 3.05) is 4.90 Å². The van der Waals surface area contributed by atoms with Crippen molar-refractivity contribution in [1.29, 1.82) is 0 Å². The van der Waals surface area contributed by atoms with E-state index >= 15 is 0 Å². The van der Waals surface area contributed by atoms with E-state index in [1.165, 1.54) is 43.2 Å². The lowest BCUT2D eigenvalue weighted by molar-refractivity contribution is -0.129. The summed E-state index contributed by atoms with van der Waals surface area (Å²) in [5.74, 6) is -0.347. The van der Waals surface area contributed by atoms with Crippen LogP contribution in [0.1, 0.15) is 68.6 Å². The zero-order valence-corrected chi connectivity index (χ0v) is 20.9. The monoisotopic (exact) mass is 464 g/mol. The molecule has 1 aliphatic heterocycles. The van der Waals surface area contributed by atoms with E-state index in [0.29, 0.717) is 6.54 Å². The second-order valence-electron chi connectivity index (χ2n) is 9.70. The van der Waals surface area contributed by atoms with Gasteiger partial charge in [0.15, 0.2) is 0 Å². The summed E-state index contributed by atoms with van der Waals surface area (Å²) in [4.78, 5) is 29.9. The molecule has 2 aromatic rings. The summed E-state index contributed by atoms with van der Waals surface area (Å²) in [5, 5.41) is 2.87. The minimum absolute atomic E-state index is 0.0116. The molecule has 2 amide bonds. The van der Waals surface area contributed by atoms with E-state index < -0.39 is 5.25 Å². The number of benzene rings is 2. The summed E-state index contributed by atoms with van der Waals surface area (Å²) in [7, 11) is 0. The lowest BCUT2D eigenvalue weighted by Gasteiger charge is -2.36. The third-order valence-electron chi connectivity index (χ3n) is 7.07. The number of thioether (sulfide) groups is 1. The first kappa shape index (κ1) is 23.9. The van der Waals surface area contributed by atoms with Gasteiger partial charge in [0.1, 0.15) is 5.25 Å². The van der Waals surface area contributed by atoms with Crippen LogP contribution in [0.3, 0.4) is 0 Å². The average Bonchev–Trinajstić information content (AvgIpc) is 2.79. The van der Waals surface area contributed by atoms with E-state index in [4.69, 9.17) is 0 Å². The number of rotatable bonds is 5. The number of anilines is 1. The molecule has 5 heteroatoms. The Labute approximate surface area is 202 Å². The van der Waals surface area contributed by atoms with Gasteiger partial charge in [-0.1, -0.05) is 74.9 Å². The molecule has 33 heavy (non-hydrogen) atoms. The average molecular weight is 465 g/mol. The Kier molecular flexibility index (Phi) is 7.79. The van der Waals surface area contributed by atoms with Gasteiger partial charge in [-0.05, 0) is 49.9 Å². The molecule has 2 aromatic carbocycles. The summed E-state index contributed by atoms with van der Waals surface area (Å²) in [6.45, 7) is 6.61. The second kappa shape index (κ2) is 10.8. The van der Waals surface area contributed by atoms with Crippen molar-refractivity contribution in [3.8, 4) is 0 Å². The molecule has 176 valence electrons. The third-order valence-corrected chi connectivity index (χ3v) is 8.53. The molecular formula is C28H36N2O2S. The smallest absolute Gasteiger partial charge is 0.241 e. The predicted molar refractivity (Wildman–Crippen MR) is 137 cm³/mol. The van der Waals surface area contributed by atoms with Gasteiger partial charge in [-0.2, -0.15) is 0 Å². The van der Waals surface area contributed by atoms with Crippen LogP contribution in [0.4, 0.5) is 5.69 Å². The Morgan fingerprint density at radius 2 is 1.76 bits per heavy atom. The molecule has 0 spiro atoms. The quantitative estimate of drug-likeness (QED) is 0.575. The molecular weight excluding hydrogens is 428 g/mol. The number of nitrogens with one attached hydrogen (secondary N) is 1. The lowest BCUT2D eigenvalue weighted by atomic mass is 9.95. The molecule has 1 aliphatic carbocycles. The molecule has 0 saturated heterocycles. The van der Waals surface area contributed by atoms with Crippen LogP contribution in [0, 0.1) is 19.8 Å². The molecule has 2 aliphatic rings. The topological polar surface area (TPSA) is 49.4 Å². The Morgan fingerprint density at radius 1 is 1.06 bits per heavy atom. The zero-order chi connectivity index (χ0) is 23.4.